The summed E-state index contributed by atoms with van der Waals surface area (Å²) in [5.41, 5.74) is 1.21. The van der Waals surface area contributed by atoms with Gasteiger partial charge < -0.3 is 9.84 Å². The zero-order valence-electron chi connectivity index (χ0n) is 17.5. The van der Waals surface area contributed by atoms with Crippen molar-refractivity contribution in [2.75, 3.05) is 26.7 Å². The van der Waals surface area contributed by atoms with Crippen LogP contribution in [0.4, 0.5) is 0 Å². The van der Waals surface area contributed by atoms with Crippen LogP contribution in [0.5, 0.6) is 5.75 Å². The SMILES string of the molecule is C[C@H]1CN([C@@H](C)CO)S(=O)(=O)c2ccc(Br)cc2O[C@@H]1CN(C)Cc1ccccc1. The highest BCUT2D eigenvalue weighted by molar-refractivity contribution is 9.10. The van der Waals surface area contributed by atoms with Gasteiger partial charge >= 0.3 is 0 Å². The summed E-state index contributed by atoms with van der Waals surface area (Å²) < 4.78 is 35.1. The van der Waals surface area contributed by atoms with E-state index in [0.717, 1.165) is 11.0 Å². The number of aliphatic hydroxyl groups excluding tert-OH is 1. The first-order valence-corrected chi connectivity index (χ1v) is 12.3. The zero-order valence-corrected chi connectivity index (χ0v) is 19.9. The number of nitrogens with zero attached hydrogens (tertiary/aromatic N) is 2. The van der Waals surface area contributed by atoms with Crippen LogP contribution in [0, 0.1) is 5.92 Å². The Labute approximate surface area is 187 Å². The number of hydrogen-bond acceptors (Lipinski definition) is 5. The number of fused-ring (bicyclic) bond motifs is 1. The maximum atomic E-state index is 13.3. The van der Waals surface area contributed by atoms with E-state index in [0.29, 0.717) is 12.3 Å². The van der Waals surface area contributed by atoms with Gasteiger partial charge in [-0.2, -0.15) is 4.31 Å². The number of halogens is 1. The predicted molar refractivity (Wildman–Crippen MR) is 121 cm³/mol. The van der Waals surface area contributed by atoms with Crippen LogP contribution in [0.25, 0.3) is 0 Å². The van der Waals surface area contributed by atoms with Crippen LogP contribution < -0.4 is 4.74 Å². The van der Waals surface area contributed by atoms with E-state index in [1.54, 1.807) is 25.1 Å². The first-order valence-electron chi connectivity index (χ1n) is 10.0. The molecule has 0 amide bonds. The van der Waals surface area contributed by atoms with E-state index in [-0.39, 0.29) is 30.1 Å². The van der Waals surface area contributed by atoms with Crippen molar-refractivity contribution in [3.63, 3.8) is 0 Å². The maximum Gasteiger partial charge on any atom is 0.247 e. The van der Waals surface area contributed by atoms with Crippen molar-refractivity contribution >= 4 is 26.0 Å². The Morgan fingerprint density at radius 2 is 1.97 bits per heavy atom. The van der Waals surface area contributed by atoms with Crippen molar-refractivity contribution < 1.29 is 18.3 Å². The summed E-state index contributed by atoms with van der Waals surface area (Å²) in [7, 11) is -1.75. The molecule has 0 spiro atoms. The van der Waals surface area contributed by atoms with Gasteiger partial charge in [0.15, 0.2) is 0 Å². The van der Waals surface area contributed by atoms with Gasteiger partial charge in [-0.05, 0) is 37.7 Å². The third-order valence-corrected chi connectivity index (χ3v) is 7.93. The number of rotatable bonds is 6. The first kappa shape index (κ1) is 23.2. The number of sulfonamides is 1. The van der Waals surface area contributed by atoms with Gasteiger partial charge in [-0.3, -0.25) is 4.90 Å². The van der Waals surface area contributed by atoms with Gasteiger partial charge in [-0.25, -0.2) is 8.42 Å². The van der Waals surface area contributed by atoms with Crippen LogP contribution >= 0.6 is 15.9 Å². The van der Waals surface area contributed by atoms with Gasteiger partial charge in [0.1, 0.15) is 16.7 Å². The summed E-state index contributed by atoms with van der Waals surface area (Å²) in [5, 5.41) is 9.68. The predicted octanol–water partition coefficient (Wildman–Crippen LogP) is 3.35. The molecule has 0 saturated carbocycles. The average molecular weight is 497 g/mol. The molecule has 1 aliphatic heterocycles. The van der Waals surface area contributed by atoms with Crippen molar-refractivity contribution in [3.05, 3.63) is 58.6 Å². The third-order valence-electron chi connectivity index (χ3n) is 5.42. The lowest BCUT2D eigenvalue weighted by Gasteiger charge is -2.37. The standard InChI is InChI=1S/C22H29BrN2O4S/c1-16-12-25(17(2)15-26)30(27,28)22-10-9-19(23)11-20(22)29-21(16)14-24(3)13-18-7-5-4-6-8-18/h4-11,16-17,21,26H,12-15H2,1-3H3/t16-,17-,21+/m0/s1. The number of benzene rings is 2. The molecule has 6 nitrogen and oxygen atoms in total. The molecule has 164 valence electrons. The quantitative estimate of drug-likeness (QED) is 0.663. The molecule has 30 heavy (non-hydrogen) atoms. The molecule has 0 radical (unpaired) electrons. The van der Waals surface area contributed by atoms with Crippen LogP contribution in [-0.2, 0) is 16.6 Å². The van der Waals surface area contributed by atoms with Crippen LogP contribution in [0.2, 0.25) is 0 Å². The van der Waals surface area contributed by atoms with Crippen molar-refractivity contribution in [2.24, 2.45) is 5.92 Å². The normalized spacial score (nSPS) is 22.6. The minimum Gasteiger partial charge on any atom is -0.487 e. The van der Waals surface area contributed by atoms with Crippen LogP contribution in [0.3, 0.4) is 0 Å². The van der Waals surface area contributed by atoms with Crippen LogP contribution in [0.1, 0.15) is 19.4 Å². The number of hydrogen-bond donors (Lipinski definition) is 1. The molecule has 0 bridgehead atoms. The highest BCUT2D eigenvalue weighted by Gasteiger charge is 2.38. The Morgan fingerprint density at radius 1 is 1.27 bits per heavy atom. The smallest absolute Gasteiger partial charge is 0.247 e. The fourth-order valence-corrected chi connectivity index (χ4v) is 5.85. The monoisotopic (exact) mass is 496 g/mol. The van der Waals surface area contributed by atoms with E-state index in [1.165, 1.54) is 9.87 Å². The first-order chi connectivity index (χ1) is 14.2. The summed E-state index contributed by atoms with van der Waals surface area (Å²) in [4.78, 5) is 2.32. The topological polar surface area (TPSA) is 70.1 Å². The Hall–Kier alpha value is -1.45. The number of aliphatic hydroxyl groups is 1. The van der Waals surface area contributed by atoms with Gasteiger partial charge in [0, 0.05) is 36.1 Å². The molecule has 0 saturated heterocycles. The van der Waals surface area contributed by atoms with Crippen molar-refractivity contribution in [1.29, 1.82) is 0 Å². The minimum absolute atomic E-state index is 0.0703. The minimum atomic E-state index is -3.79. The van der Waals surface area contributed by atoms with E-state index >= 15 is 0 Å². The lowest BCUT2D eigenvalue weighted by molar-refractivity contribution is 0.0733. The Morgan fingerprint density at radius 3 is 2.63 bits per heavy atom. The molecule has 1 heterocycles. The van der Waals surface area contributed by atoms with Gasteiger partial charge in [0.2, 0.25) is 10.0 Å². The molecule has 2 aromatic carbocycles. The second-order valence-corrected chi connectivity index (χ2v) is 10.8. The molecule has 2 aromatic rings. The fraction of sp³-hybridized carbons (Fsp3) is 0.455. The summed E-state index contributed by atoms with van der Waals surface area (Å²) in [6, 6.07) is 14.7. The lowest BCUT2D eigenvalue weighted by Crippen LogP contribution is -2.49. The zero-order chi connectivity index (χ0) is 21.9. The summed E-state index contributed by atoms with van der Waals surface area (Å²) >= 11 is 3.42. The Balaban J connectivity index is 1.92. The molecular weight excluding hydrogens is 468 g/mol. The van der Waals surface area contributed by atoms with Gasteiger partial charge in [0.05, 0.1) is 6.61 Å². The van der Waals surface area contributed by atoms with E-state index in [4.69, 9.17) is 4.74 Å². The average Bonchev–Trinajstić information content (AvgIpc) is 2.70. The molecule has 1 aliphatic rings. The summed E-state index contributed by atoms with van der Waals surface area (Å²) in [6.07, 6.45) is -0.212. The number of likely N-dealkylation sites (N-methyl/N-ethyl adjacent to an activating group) is 1. The molecule has 0 unspecified atom stereocenters. The lowest BCUT2D eigenvalue weighted by atomic mass is 10.0. The second-order valence-electron chi connectivity index (χ2n) is 8.01. The van der Waals surface area contributed by atoms with Crippen molar-refractivity contribution in [1.82, 2.24) is 9.21 Å². The van der Waals surface area contributed by atoms with Gasteiger partial charge in [0.25, 0.3) is 0 Å². The molecule has 8 heteroatoms. The maximum absolute atomic E-state index is 13.3. The van der Waals surface area contributed by atoms with Gasteiger partial charge in [-0.15, -0.1) is 0 Å². The van der Waals surface area contributed by atoms with E-state index < -0.39 is 16.1 Å². The summed E-state index contributed by atoms with van der Waals surface area (Å²) in [6.45, 7) is 5.18. The van der Waals surface area contributed by atoms with Crippen molar-refractivity contribution in [3.8, 4) is 5.75 Å². The molecular formula is C22H29BrN2O4S. The number of ether oxygens (including phenoxy) is 1. The fourth-order valence-electron chi connectivity index (χ4n) is 3.68. The van der Waals surface area contributed by atoms with Gasteiger partial charge in [-0.1, -0.05) is 53.2 Å². The Bertz CT molecular complexity index is 955. The summed E-state index contributed by atoms with van der Waals surface area (Å²) in [5.74, 6) is 0.267. The van der Waals surface area contributed by atoms with E-state index in [1.807, 2.05) is 32.2 Å². The third kappa shape index (κ3) is 5.23. The molecule has 3 atom stereocenters. The van der Waals surface area contributed by atoms with Crippen molar-refractivity contribution in [2.45, 2.75) is 37.4 Å². The molecule has 0 aliphatic carbocycles. The molecule has 0 aromatic heterocycles. The highest BCUT2D eigenvalue weighted by atomic mass is 79.9. The molecule has 0 fully saturated rings. The largest absolute Gasteiger partial charge is 0.487 e. The van der Waals surface area contributed by atoms with Crippen LogP contribution in [0.15, 0.2) is 57.9 Å². The van der Waals surface area contributed by atoms with E-state index in [2.05, 4.69) is 33.0 Å². The molecule has 1 N–H and O–H groups in total. The molecule has 3 rings (SSSR count). The van der Waals surface area contributed by atoms with Crippen LogP contribution in [-0.4, -0.2) is 61.6 Å². The second kappa shape index (κ2) is 9.78. The van der Waals surface area contributed by atoms with E-state index in [9.17, 15) is 13.5 Å². The Kier molecular flexibility index (Phi) is 7.57. The highest BCUT2D eigenvalue weighted by Crippen LogP contribution is 2.35.